The fourth-order valence-electron chi connectivity index (χ4n) is 2.30. The van der Waals surface area contributed by atoms with E-state index in [1.807, 2.05) is 37.9 Å². The van der Waals surface area contributed by atoms with Crippen LogP contribution in [0.2, 0.25) is 0 Å². The molecule has 112 valence electrons. The summed E-state index contributed by atoms with van der Waals surface area (Å²) in [7, 11) is 1.93. The Morgan fingerprint density at radius 3 is 2.50 bits per heavy atom. The highest BCUT2D eigenvalue weighted by Crippen LogP contribution is 2.23. The maximum absolute atomic E-state index is 11.9. The van der Waals surface area contributed by atoms with E-state index in [4.69, 9.17) is 5.73 Å². The molecule has 1 aromatic rings. The van der Waals surface area contributed by atoms with Crippen LogP contribution in [0.15, 0.2) is 24.5 Å². The summed E-state index contributed by atoms with van der Waals surface area (Å²) in [6, 6.07) is 4.05. The second-order valence-electron chi connectivity index (χ2n) is 5.43. The number of hydrogen-bond acceptors (Lipinski definition) is 4. The molecule has 0 aromatic carbocycles. The van der Waals surface area contributed by atoms with E-state index in [2.05, 4.69) is 17.2 Å². The fourth-order valence-corrected chi connectivity index (χ4v) is 2.30. The molecule has 0 aliphatic heterocycles. The molecule has 5 nitrogen and oxygen atoms in total. The smallest absolute Gasteiger partial charge is 0.234 e. The molecule has 0 aliphatic carbocycles. The van der Waals surface area contributed by atoms with Gasteiger partial charge < -0.3 is 11.1 Å². The molecule has 0 bridgehead atoms. The summed E-state index contributed by atoms with van der Waals surface area (Å²) in [5, 5.41) is 2.90. The van der Waals surface area contributed by atoms with Crippen molar-refractivity contribution in [1.29, 1.82) is 0 Å². The maximum atomic E-state index is 11.9. The molecule has 0 radical (unpaired) electrons. The van der Waals surface area contributed by atoms with Crippen LogP contribution in [0, 0.1) is 0 Å². The van der Waals surface area contributed by atoms with Gasteiger partial charge in [-0.1, -0.05) is 6.92 Å². The Hall–Kier alpha value is -1.46. The Bertz CT molecular complexity index is 408. The molecule has 0 saturated heterocycles. The molecule has 1 rings (SSSR count). The number of pyridine rings is 1. The Kier molecular flexibility index (Phi) is 6.61. The molecule has 20 heavy (non-hydrogen) atoms. The normalized spacial score (nSPS) is 14.3. The van der Waals surface area contributed by atoms with Gasteiger partial charge in [0.2, 0.25) is 5.91 Å². The van der Waals surface area contributed by atoms with Gasteiger partial charge in [0.05, 0.1) is 12.6 Å². The van der Waals surface area contributed by atoms with Gasteiger partial charge in [-0.05, 0) is 45.0 Å². The number of nitrogens with zero attached hydrogens (tertiary/aromatic N) is 2. The SMILES string of the molecule is CCC(N)C(c1ccncc1)N(C)CC(=O)NC(C)C. The van der Waals surface area contributed by atoms with Crippen molar-refractivity contribution in [3.8, 4) is 0 Å². The molecular formula is C15H26N4O. The van der Waals surface area contributed by atoms with Gasteiger partial charge in [-0.25, -0.2) is 0 Å². The van der Waals surface area contributed by atoms with Crippen molar-refractivity contribution < 1.29 is 4.79 Å². The highest BCUT2D eigenvalue weighted by Gasteiger charge is 2.24. The molecule has 1 heterocycles. The predicted octanol–water partition coefficient (Wildman–Crippen LogP) is 1.32. The van der Waals surface area contributed by atoms with Gasteiger partial charge in [0.25, 0.3) is 0 Å². The van der Waals surface area contributed by atoms with E-state index in [-0.39, 0.29) is 24.0 Å². The largest absolute Gasteiger partial charge is 0.353 e. The van der Waals surface area contributed by atoms with Crippen LogP contribution in [0.25, 0.3) is 0 Å². The average molecular weight is 278 g/mol. The van der Waals surface area contributed by atoms with E-state index in [1.54, 1.807) is 12.4 Å². The predicted molar refractivity (Wildman–Crippen MR) is 81.2 cm³/mol. The van der Waals surface area contributed by atoms with Gasteiger partial charge in [0.1, 0.15) is 0 Å². The number of carbonyl (C=O) groups is 1. The van der Waals surface area contributed by atoms with E-state index in [0.717, 1.165) is 12.0 Å². The lowest BCUT2D eigenvalue weighted by Gasteiger charge is -2.32. The summed E-state index contributed by atoms with van der Waals surface area (Å²) in [6.07, 6.45) is 4.36. The number of hydrogen-bond donors (Lipinski definition) is 2. The average Bonchev–Trinajstić information content (AvgIpc) is 2.38. The third kappa shape index (κ3) is 4.90. The number of aromatic nitrogens is 1. The highest BCUT2D eigenvalue weighted by molar-refractivity contribution is 5.78. The number of nitrogens with one attached hydrogen (secondary N) is 1. The fraction of sp³-hybridized carbons (Fsp3) is 0.600. The molecular weight excluding hydrogens is 252 g/mol. The number of rotatable bonds is 7. The quantitative estimate of drug-likeness (QED) is 0.789. The van der Waals surface area contributed by atoms with Crippen LogP contribution >= 0.6 is 0 Å². The van der Waals surface area contributed by atoms with E-state index in [1.165, 1.54) is 0 Å². The Morgan fingerprint density at radius 1 is 1.40 bits per heavy atom. The number of carbonyl (C=O) groups excluding carboxylic acids is 1. The van der Waals surface area contributed by atoms with Crippen LogP contribution in [0.1, 0.15) is 38.8 Å². The summed E-state index contributed by atoms with van der Waals surface area (Å²) in [6.45, 7) is 6.30. The lowest BCUT2D eigenvalue weighted by Crippen LogP contribution is -2.44. The standard InChI is InChI=1S/C15H26N4O/c1-5-13(16)15(12-6-8-17-9-7-12)19(4)10-14(20)18-11(2)3/h6-9,11,13,15H,5,10,16H2,1-4H3,(H,18,20). The first-order valence-corrected chi connectivity index (χ1v) is 7.10. The molecule has 0 spiro atoms. The Balaban J connectivity index is 2.81. The van der Waals surface area contributed by atoms with Gasteiger partial charge >= 0.3 is 0 Å². The van der Waals surface area contributed by atoms with Gasteiger partial charge in [0.15, 0.2) is 0 Å². The zero-order valence-corrected chi connectivity index (χ0v) is 12.8. The van der Waals surface area contributed by atoms with E-state index in [0.29, 0.717) is 6.54 Å². The van der Waals surface area contributed by atoms with E-state index < -0.39 is 0 Å². The van der Waals surface area contributed by atoms with Crippen LogP contribution in [-0.2, 0) is 4.79 Å². The second-order valence-corrected chi connectivity index (χ2v) is 5.43. The number of amides is 1. The number of likely N-dealkylation sites (N-methyl/N-ethyl adjacent to an activating group) is 1. The van der Waals surface area contributed by atoms with Gasteiger partial charge in [0, 0.05) is 24.5 Å². The zero-order chi connectivity index (χ0) is 15.1. The summed E-state index contributed by atoms with van der Waals surface area (Å²) in [5.74, 6) is 0.0184. The van der Waals surface area contributed by atoms with Crippen LogP contribution in [0.3, 0.4) is 0 Å². The van der Waals surface area contributed by atoms with Crippen molar-refractivity contribution in [2.45, 2.75) is 45.3 Å². The van der Waals surface area contributed by atoms with E-state index >= 15 is 0 Å². The third-order valence-electron chi connectivity index (χ3n) is 3.24. The highest BCUT2D eigenvalue weighted by atomic mass is 16.2. The maximum Gasteiger partial charge on any atom is 0.234 e. The van der Waals surface area contributed by atoms with Gasteiger partial charge in [-0.2, -0.15) is 0 Å². The molecule has 0 fully saturated rings. The summed E-state index contributed by atoms with van der Waals surface area (Å²) < 4.78 is 0. The zero-order valence-electron chi connectivity index (χ0n) is 12.8. The second kappa shape index (κ2) is 7.97. The molecule has 3 N–H and O–H groups in total. The molecule has 0 aliphatic rings. The van der Waals surface area contributed by atoms with Crippen molar-refractivity contribution in [2.24, 2.45) is 5.73 Å². The van der Waals surface area contributed by atoms with Gasteiger partial charge in [-0.15, -0.1) is 0 Å². The third-order valence-corrected chi connectivity index (χ3v) is 3.24. The molecule has 2 unspecified atom stereocenters. The minimum atomic E-state index is -0.0192. The van der Waals surface area contributed by atoms with Crippen molar-refractivity contribution in [2.75, 3.05) is 13.6 Å². The van der Waals surface area contributed by atoms with Crippen LogP contribution in [0.5, 0.6) is 0 Å². The molecule has 5 heteroatoms. The topological polar surface area (TPSA) is 71.2 Å². The first kappa shape index (κ1) is 16.6. The monoisotopic (exact) mass is 278 g/mol. The summed E-state index contributed by atoms with van der Waals surface area (Å²) >= 11 is 0. The van der Waals surface area contributed by atoms with Crippen LogP contribution in [-0.4, -0.2) is 41.5 Å². The van der Waals surface area contributed by atoms with Crippen molar-refractivity contribution in [3.63, 3.8) is 0 Å². The van der Waals surface area contributed by atoms with Crippen LogP contribution in [0.4, 0.5) is 0 Å². The van der Waals surface area contributed by atoms with Crippen molar-refractivity contribution >= 4 is 5.91 Å². The lowest BCUT2D eigenvalue weighted by atomic mass is 9.97. The minimum absolute atomic E-state index is 0.0147. The molecule has 1 amide bonds. The van der Waals surface area contributed by atoms with Crippen LogP contribution < -0.4 is 11.1 Å². The first-order chi connectivity index (χ1) is 9.45. The molecule has 0 saturated carbocycles. The Labute approximate surface area is 121 Å². The molecule has 2 atom stereocenters. The Morgan fingerprint density at radius 2 is 2.00 bits per heavy atom. The summed E-state index contributed by atoms with van der Waals surface area (Å²) in [5.41, 5.74) is 7.33. The van der Waals surface area contributed by atoms with Crippen molar-refractivity contribution in [3.05, 3.63) is 30.1 Å². The van der Waals surface area contributed by atoms with Crippen molar-refractivity contribution in [1.82, 2.24) is 15.2 Å². The lowest BCUT2D eigenvalue weighted by molar-refractivity contribution is -0.123. The minimum Gasteiger partial charge on any atom is -0.353 e. The van der Waals surface area contributed by atoms with Gasteiger partial charge in [-0.3, -0.25) is 14.7 Å². The number of nitrogens with two attached hydrogens (primary N) is 1. The summed E-state index contributed by atoms with van der Waals surface area (Å²) in [4.78, 5) is 17.9. The molecule has 1 aromatic heterocycles. The first-order valence-electron chi connectivity index (χ1n) is 7.10. The van der Waals surface area contributed by atoms with E-state index in [9.17, 15) is 4.79 Å².